The van der Waals surface area contributed by atoms with E-state index in [9.17, 15) is 0 Å². The molecule has 2 heterocycles. The monoisotopic (exact) mass is 310 g/mol. The van der Waals surface area contributed by atoms with E-state index in [2.05, 4.69) is 12.2 Å². The lowest BCUT2D eigenvalue weighted by molar-refractivity contribution is 0.0555. The standard InChI is InChI=1S/C15H19ClN2OS/c1-11(12-4-2-3-5-13(12)16)17-14-18-15(10-20-14)6-8-19-9-7-15/h2-5,11H,6-10H2,1H3,(H,17,18). The summed E-state index contributed by atoms with van der Waals surface area (Å²) in [6.45, 7) is 3.78. The van der Waals surface area contributed by atoms with E-state index in [0.29, 0.717) is 0 Å². The number of thioether (sulfide) groups is 1. The molecule has 108 valence electrons. The summed E-state index contributed by atoms with van der Waals surface area (Å²) in [6, 6.07) is 8.00. The maximum Gasteiger partial charge on any atom is 0.157 e. The van der Waals surface area contributed by atoms with Crippen molar-refractivity contribution in [2.75, 3.05) is 19.0 Å². The third kappa shape index (κ3) is 2.97. The molecule has 0 amide bonds. The number of benzene rings is 1. The molecule has 5 heteroatoms. The van der Waals surface area contributed by atoms with Crippen LogP contribution in [0, 0.1) is 0 Å². The number of nitrogens with one attached hydrogen (secondary N) is 1. The van der Waals surface area contributed by atoms with Gasteiger partial charge >= 0.3 is 0 Å². The lowest BCUT2D eigenvalue weighted by atomic mass is 9.93. The fraction of sp³-hybridized carbons (Fsp3) is 0.533. The van der Waals surface area contributed by atoms with Crippen LogP contribution in [0.2, 0.25) is 5.02 Å². The Kier molecular flexibility index (Phi) is 4.24. The SMILES string of the molecule is CC(N=C1NC2(CCOCC2)CS1)c1ccccc1Cl. The number of ether oxygens (including phenoxy) is 1. The third-order valence-electron chi connectivity index (χ3n) is 3.97. The highest BCUT2D eigenvalue weighted by Gasteiger charge is 2.38. The number of rotatable bonds is 2. The maximum atomic E-state index is 6.23. The summed E-state index contributed by atoms with van der Waals surface area (Å²) < 4.78 is 5.45. The van der Waals surface area contributed by atoms with E-state index >= 15 is 0 Å². The molecule has 0 aliphatic carbocycles. The number of halogens is 1. The highest BCUT2D eigenvalue weighted by molar-refractivity contribution is 8.14. The normalized spacial score (nSPS) is 24.8. The summed E-state index contributed by atoms with van der Waals surface area (Å²) in [4.78, 5) is 4.80. The average molecular weight is 311 g/mol. The van der Waals surface area contributed by atoms with Gasteiger partial charge in [0.2, 0.25) is 0 Å². The molecule has 2 saturated heterocycles. The Bertz CT molecular complexity index is 514. The van der Waals surface area contributed by atoms with E-state index in [4.69, 9.17) is 21.3 Å². The Morgan fingerprint density at radius 2 is 2.10 bits per heavy atom. The predicted molar refractivity (Wildman–Crippen MR) is 85.7 cm³/mol. The topological polar surface area (TPSA) is 33.6 Å². The molecule has 2 aliphatic rings. The summed E-state index contributed by atoms with van der Waals surface area (Å²) in [6.07, 6.45) is 2.14. The highest BCUT2D eigenvalue weighted by Crippen LogP contribution is 2.33. The van der Waals surface area contributed by atoms with Crippen LogP contribution < -0.4 is 5.32 Å². The molecule has 3 nitrogen and oxygen atoms in total. The van der Waals surface area contributed by atoms with Crippen molar-refractivity contribution in [2.45, 2.75) is 31.3 Å². The second-order valence-electron chi connectivity index (χ2n) is 5.44. The van der Waals surface area contributed by atoms with Crippen LogP contribution in [0.25, 0.3) is 0 Å². The van der Waals surface area contributed by atoms with Gasteiger partial charge in [0.15, 0.2) is 5.17 Å². The fourth-order valence-corrected chi connectivity index (χ4v) is 4.25. The Morgan fingerprint density at radius 3 is 2.85 bits per heavy atom. The van der Waals surface area contributed by atoms with E-state index in [1.54, 1.807) is 0 Å². The molecule has 1 aromatic carbocycles. The fourth-order valence-electron chi connectivity index (χ4n) is 2.67. The van der Waals surface area contributed by atoms with Gasteiger partial charge in [-0.15, -0.1) is 0 Å². The van der Waals surface area contributed by atoms with E-state index < -0.39 is 0 Å². The second-order valence-corrected chi connectivity index (χ2v) is 6.81. The summed E-state index contributed by atoms with van der Waals surface area (Å²) in [7, 11) is 0. The Morgan fingerprint density at radius 1 is 1.35 bits per heavy atom. The first-order valence-electron chi connectivity index (χ1n) is 6.99. The van der Waals surface area contributed by atoms with Gasteiger partial charge < -0.3 is 10.1 Å². The summed E-state index contributed by atoms with van der Waals surface area (Å²) in [5, 5.41) is 5.44. The summed E-state index contributed by atoms with van der Waals surface area (Å²) >= 11 is 8.05. The number of hydrogen-bond acceptors (Lipinski definition) is 3. The van der Waals surface area contributed by atoms with E-state index in [1.165, 1.54) is 0 Å². The summed E-state index contributed by atoms with van der Waals surface area (Å²) in [5.41, 5.74) is 1.28. The van der Waals surface area contributed by atoms with Gasteiger partial charge in [-0.3, -0.25) is 4.99 Å². The molecule has 20 heavy (non-hydrogen) atoms. The van der Waals surface area contributed by atoms with Crippen LogP contribution in [0.3, 0.4) is 0 Å². The van der Waals surface area contributed by atoms with Gasteiger partial charge in [-0.2, -0.15) is 0 Å². The molecule has 1 N–H and O–H groups in total. The average Bonchev–Trinajstić information content (AvgIpc) is 2.82. The van der Waals surface area contributed by atoms with Crippen molar-refractivity contribution in [1.29, 1.82) is 0 Å². The van der Waals surface area contributed by atoms with Gasteiger partial charge in [0, 0.05) is 24.0 Å². The lowest BCUT2D eigenvalue weighted by Crippen LogP contribution is -2.48. The molecule has 2 aliphatic heterocycles. The molecule has 0 aromatic heterocycles. The number of hydrogen-bond donors (Lipinski definition) is 1. The molecule has 1 unspecified atom stereocenters. The minimum atomic E-state index is 0.0775. The Labute approximate surface area is 129 Å². The number of aliphatic imine (C=N–C) groups is 1. The molecule has 0 bridgehead atoms. The molecule has 2 fully saturated rings. The van der Waals surface area contributed by atoms with Crippen molar-refractivity contribution < 1.29 is 4.74 Å². The molecule has 1 spiro atoms. The van der Waals surface area contributed by atoms with E-state index in [1.807, 2.05) is 36.0 Å². The molecular formula is C15H19ClN2OS. The van der Waals surface area contributed by atoms with Gasteiger partial charge in [0.1, 0.15) is 0 Å². The Balaban J connectivity index is 1.72. The van der Waals surface area contributed by atoms with Gasteiger partial charge in [0.25, 0.3) is 0 Å². The minimum absolute atomic E-state index is 0.0775. The number of amidine groups is 1. The van der Waals surface area contributed by atoms with Crippen LogP contribution in [0.1, 0.15) is 31.4 Å². The van der Waals surface area contributed by atoms with Crippen LogP contribution in [0.15, 0.2) is 29.3 Å². The largest absolute Gasteiger partial charge is 0.381 e. The van der Waals surface area contributed by atoms with E-state index in [0.717, 1.165) is 47.6 Å². The zero-order valence-corrected chi connectivity index (χ0v) is 13.1. The molecule has 1 aromatic rings. The van der Waals surface area contributed by atoms with Gasteiger partial charge in [-0.1, -0.05) is 41.6 Å². The third-order valence-corrected chi connectivity index (χ3v) is 5.50. The smallest absolute Gasteiger partial charge is 0.157 e. The van der Waals surface area contributed by atoms with Crippen molar-refractivity contribution in [1.82, 2.24) is 5.32 Å². The zero-order valence-electron chi connectivity index (χ0n) is 11.6. The summed E-state index contributed by atoms with van der Waals surface area (Å²) in [5.74, 6) is 1.09. The molecule has 0 saturated carbocycles. The van der Waals surface area contributed by atoms with Crippen molar-refractivity contribution in [2.24, 2.45) is 4.99 Å². The van der Waals surface area contributed by atoms with Crippen LogP contribution in [0.5, 0.6) is 0 Å². The molecular weight excluding hydrogens is 292 g/mol. The highest BCUT2D eigenvalue weighted by atomic mass is 35.5. The first kappa shape index (κ1) is 14.2. The van der Waals surface area contributed by atoms with Gasteiger partial charge in [-0.05, 0) is 31.4 Å². The van der Waals surface area contributed by atoms with Gasteiger partial charge in [-0.25, -0.2) is 0 Å². The van der Waals surface area contributed by atoms with Crippen LogP contribution >= 0.6 is 23.4 Å². The van der Waals surface area contributed by atoms with Crippen molar-refractivity contribution >= 4 is 28.5 Å². The second kappa shape index (κ2) is 5.96. The minimum Gasteiger partial charge on any atom is -0.381 e. The quantitative estimate of drug-likeness (QED) is 0.905. The van der Waals surface area contributed by atoms with Gasteiger partial charge in [0.05, 0.1) is 11.6 Å². The van der Waals surface area contributed by atoms with Crippen molar-refractivity contribution in [3.63, 3.8) is 0 Å². The zero-order chi connectivity index (χ0) is 14.0. The van der Waals surface area contributed by atoms with Crippen molar-refractivity contribution in [3.8, 4) is 0 Å². The first-order valence-corrected chi connectivity index (χ1v) is 8.36. The molecule has 3 rings (SSSR count). The maximum absolute atomic E-state index is 6.23. The Hall–Kier alpha value is -0.710. The van der Waals surface area contributed by atoms with Crippen LogP contribution in [0.4, 0.5) is 0 Å². The van der Waals surface area contributed by atoms with Crippen LogP contribution in [-0.2, 0) is 4.74 Å². The van der Waals surface area contributed by atoms with Crippen LogP contribution in [-0.4, -0.2) is 29.7 Å². The van der Waals surface area contributed by atoms with Crippen molar-refractivity contribution in [3.05, 3.63) is 34.9 Å². The molecule has 1 atom stereocenters. The van der Waals surface area contributed by atoms with E-state index in [-0.39, 0.29) is 11.6 Å². The predicted octanol–water partition coefficient (Wildman–Crippen LogP) is 3.64. The molecule has 0 radical (unpaired) electrons. The number of nitrogens with zero attached hydrogens (tertiary/aromatic N) is 1. The first-order chi connectivity index (χ1) is 9.69. The lowest BCUT2D eigenvalue weighted by Gasteiger charge is -2.32.